The molecule has 0 fully saturated rings. The van der Waals surface area contributed by atoms with Gasteiger partial charge in [-0.2, -0.15) is 26.3 Å². The summed E-state index contributed by atoms with van der Waals surface area (Å²) in [6.07, 6.45) is -10.6. The van der Waals surface area contributed by atoms with E-state index in [9.17, 15) is 35.9 Å². The Morgan fingerprint density at radius 2 is 1.27 bits per heavy atom. The van der Waals surface area contributed by atoms with E-state index in [1.807, 2.05) is 0 Å². The highest BCUT2D eigenvalue weighted by atomic mass is 19.4. The van der Waals surface area contributed by atoms with Crippen molar-refractivity contribution >= 4 is 11.8 Å². The first-order chi connectivity index (χ1) is 15.5. The monoisotopic (exact) mass is 465 g/mol. The quantitative estimate of drug-likeness (QED) is 0.340. The Bertz CT molecular complexity index is 1200. The van der Waals surface area contributed by atoms with Gasteiger partial charge in [-0.3, -0.25) is 9.59 Å². The molecule has 1 heterocycles. The lowest BCUT2D eigenvalue weighted by Crippen LogP contribution is -2.45. The SMILES string of the molecule is O=C(c1ccc(C(F)(F)F)cc1)N1C(=O)c2ccccc2OC1c1ccc(C(F)(F)F)cc1. The summed E-state index contributed by atoms with van der Waals surface area (Å²) in [6, 6.07) is 12.9. The fourth-order valence-electron chi connectivity index (χ4n) is 3.35. The van der Waals surface area contributed by atoms with Gasteiger partial charge < -0.3 is 4.74 Å². The number of carbonyl (C=O) groups excluding carboxylic acids is 2. The maximum absolute atomic E-state index is 13.2. The van der Waals surface area contributed by atoms with Crippen LogP contribution >= 0.6 is 0 Å². The number of fused-ring (bicyclic) bond motifs is 1. The molecule has 0 N–H and O–H groups in total. The van der Waals surface area contributed by atoms with Crippen molar-refractivity contribution in [1.82, 2.24) is 4.90 Å². The summed E-state index contributed by atoms with van der Waals surface area (Å²) in [6.45, 7) is 0. The van der Waals surface area contributed by atoms with E-state index in [4.69, 9.17) is 4.74 Å². The van der Waals surface area contributed by atoms with E-state index in [0.29, 0.717) is 17.0 Å². The van der Waals surface area contributed by atoms with Gasteiger partial charge in [-0.25, -0.2) is 4.90 Å². The Morgan fingerprint density at radius 3 is 1.82 bits per heavy atom. The van der Waals surface area contributed by atoms with Gasteiger partial charge in [0.05, 0.1) is 16.7 Å². The molecule has 1 unspecified atom stereocenters. The molecular formula is C23H13F6NO3. The van der Waals surface area contributed by atoms with Crippen molar-refractivity contribution in [1.29, 1.82) is 0 Å². The molecule has 170 valence electrons. The molecule has 1 aliphatic rings. The van der Waals surface area contributed by atoms with Gasteiger partial charge in [0.1, 0.15) is 5.75 Å². The number of carbonyl (C=O) groups is 2. The minimum atomic E-state index is -4.62. The molecule has 1 atom stereocenters. The smallest absolute Gasteiger partial charge is 0.416 e. The largest absolute Gasteiger partial charge is 0.465 e. The lowest BCUT2D eigenvalue weighted by molar-refractivity contribution is -0.138. The molecule has 1 aliphatic heterocycles. The third kappa shape index (κ3) is 4.28. The molecule has 10 heteroatoms. The highest BCUT2D eigenvalue weighted by molar-refractivity contribution is 6.12. The van der Waals surface area contributed by atoms with Gasteiger partial charge in [-0.15, -0.1) is 0 Å². The molecule has 0 spiro atoms. The lowest BCUT2D eigenvalue weighted by Gasteiger charge is -2.35. The van der Waals surface area contributed by atoms with Crippen molar-refractivity contribution in [2.75, 3.05) is 0 Å². The second-order valence-electron chi connectivity index (χ2n) is 7.14. The summed E-state index contributed by atoms with van der Waals surface area (Å²) < 4.78 is 83.1. The van der Waals surface area contributed by atoms with Gasteiger partial charge in [0.25, 0.3) is 11.8 Å². The van der Waals surface area contributed by atoms with E-state index >= 15 is 0 Å². The number of alkyl halides is 6. The zero-order valence-corrected chi connectivity index (χ0v) is 16.4. The van der Waals surface area contributed by atoms with Gasteiger partial charge in [0.15, 0.2) is 0 Å². The summed E-state index contributed by atoms with van der Waals surface area (Å²) >= 11 is 0. The Kier molecular flexibility index (Phi) is 5.39. The highest BCUT2D eigenvalue weighted by Crippen LogP contribution is 2.38. The summed E-state index contributed by atoms with van der Waals surface area (Å²) in [5.41, 5.74) is -2.04. The van der Waals surface area contributed by atoms with Gasteiger partial charge in [-0.1, -0.05) is 24.3 Å². The molecule has 4 rings (SSSR count). The normalized spacial score (nSPS) is 16.2. The number of amides is 2. The zero-order valence-electron chi connectivity index (χ0n) is 16.4. The number of hydrogen-bond acceptors (Lipinski definition) is 3. The van der Waals surface area contributed by atoms with Gasteiger partial charge in [-0.05, 0) is 48.5 Å². The molecule has 0 radical (unpaired) electrons. The standard InChI is InChI=1S/C23H13F6NO3/c24-22(25,26)15-9-5-13(6-10-15)19(31)30-20(32)17-3-1-2-4-18(17)33-21(30)14-7-11-16(12-8-14)23(27,28)29/h1-12,21H. The van der Waals surface area contributed by atoms with Crippen molar-refractivity contribution in [2.24, 2.45) is 0 Å². The van der Waals surface area contributed by atoms with Crippen LogP contribution in [-0.4, -0.2) is 16.7 Å². The van der Waals surface area contributed by atoms with Crippen LogP contribution in [0.2, 0.25) is 0 Å². The third-order valence-corrected chi connectivity index (χ3v) is 5.01. The van der Waals surface area contributed by atoms with Crippen LogP contribution in [0, 0.1) is 0 Å². The average Bonchev–Trinajstić information content (AvgIpc) is 2.77. The number of para-hydroxylation sites is 1. The molecule has 0 aliphatic carbocycles. The molecule has 0 bridgehead atoms. The van der Waals surface area contributed by atoms with Crippen LogP contribution in [-0.2, 0) is 12.4 Å². The third-order valence-electron chi connectivity index (χ3n) is 5.01. The Labute approximate surface area is 183 Å². The van der Waals surface area contributed by atoms with Crippen molar-refractivity contribution in [3.05, 3.63) is 101 Å². The second-order valence-corrected chi connectivity index (χ2v) is 7.14. The van der Waals surface area contributed by atoms with Crippen molar-refractivity contribution < 1.29 is 40.7 Å². The van der Waals surface area contributed by atoms with Crippen LogP contribution < -0.4 is 4.74 Å². The molecule has 0 saturated heterocycles. The van der Waals surface area contributed by atoms with Crippen LogP contribution in [0.3, 0.4) is 0 Å². The predicted octanol–water partition coefficient (Wildman–Crippen LogP) is 6.10. The van der Waals surface area contributed by atoms with Crippen LogP contribution in [0.15, 0.2) is 72.8 Å². The van der Waals surface area contributed by atoms with Gasteiger partial charge >= 0.3 is 12.4 Å². The van der Waals surface area contributed by atoms with Crippen molar-refractivity contribution in [3.8, 4) is 5.75 Å². The topological polar surface area (TPSA) is 46.6 Å². The second kappa shape index (κ2) is 7.95. The number of benzene rings is 3. The van der Waals surface area contributed by atoms with Crippen LogP contribution in [0.5, 0.6) is 5.75 Å². The van der Waals surface area contributed by atoms with E-state index in [1.165, 1.54) is 18.2 Å². The lowest BCUT2D eigenvalue weighted by atomic mass is 10.0. The highest BCUT2D eigenvalue weighted by Gasteiger charge is 2.40. The first-order valence-corrected chi connectivity index (χ1v) is 9.45. The summed E-state index contributed by atoms with van der Waals surface area (Å²) in [4.78, 5) is 27.0. The van der Waals surface area contributed by atoms with Crippen molar-refractivity contribution in [2.45, 2.75) is 18.6 Å². The Morgan fingerprint density at radius 1 is 0.758 bits per heavy atom. The molecule has 33 heavy (non-hydrogen) atoms. The maximum Gasteiger partial charge on any atom is 0.416 e. The van der Waals surface area contributed by atoms with E-state index < -0.39 is 41.5 Å². The Hall–Kier alpha value is -3.82. The molecule has 3 aromatic rings. The van der Waals surface area contributed by atoms with Crippen molar-refractivity contribution in [3.63, 3.8) is 0 Å². The number of ether oxygens (including phenoxy) is 1. The van der Waals surface area contributed by atoms with E-state index in [2.05, 4.69) is 0 Å². The molecule has 0 aromatic heterocycles. The minimum Gasteiger partial charge on any atom is -0.465 e. The number of rotatable bonds is 2. The predicted molar refractivity (Wildman–Crippen MR) is 103 cm³/mol. The molecule has 2 amide bonds. The molecule has 4 nitrogen and oxygen atoms in total. The van der Waals surface area contributed by atoms with Gasteiger partial charge in [0, 0.05) is 11.1 Å². The summed E-state index contributed by atoms with van der Waals surface area (Å²) in [7, 11) is 0. The summed E-state index contributed by atoms with van der Waals surface area (Å²) in [5.74, 6) is -1.65. The number of nitrogens with zero attached hydrogens (tertiary/aromatic N) is 1. The fourth-order valence-corrected chi connectivity index (χ4v) is 3.35. The first kappa shape index (κ1) is 22.4. The molecule has 3 aromatic carbocycles. The first-order valence-electron chi connectivity index (χ1n) is 9.45. The maximum atomic E-state index is 13.2. The van der Waals surface area contributed by atoms with E-state index in [0.717, 1.165) is 36.4 Å². The summed E-state index contributed by atoms with van der Waals surface area (Å²) in [5, 5.41) is 0. The number of hydrogen-bond donors (Lipinski definition) is 0. The fraction of sp³-hybridized carbons (Fsp3) is 0.130. The Balaban J connectivity index is 1.75. The molecular weight excluding hydrogens is 452 g/mol. The zero-order chi connectivity index (χ0) is 24.0. The number of halogens is 6. The van der Waals surface area contributed by atoms with Crippen LogP contribution in [0.4, 0.5) is 26.3 Å². The van der Waals surface area contributed by atoms with Crippen LogP contribution in [0.25, 0.3) is 0 Å². The number of imide groups is 1. The average molecular weight is 465 g/mol. The van der Waals surface area contributed by atoms with E-state index in [-0.39, 0.29) is 22.4 Å². The van der Waals surface area contributed by atoms with E-state index in [1.54, 1.807) is 6.07 Å². The van der Waals surface area contributed by atoms with Crippen LogP contribution in [0.1, 0.15) is 43.6 Å². The van der Waals surface area contributed by atoms with Gasteiger partial charge in [0.2, 0.25) is 6.23 Å². The molecule has 0 saturated carbocycles. The minimum absolute atomic E-state index is 0.0286.